The van der Waals surface area contributed by atoms with Crippen LogP contribution in [0.25, 0.3) is 0 Å². The quantitative estimate of drug-likeness (QED) is 0.492. The van der Waals surface area contributed by atoms with Gasteiger partial charge in [-0.2, -0.15) is 0 Å². The molecule has 96 valence electrons. The van der Waals surface area contributed by atoms with Crippen molar-refractivity contribution in [1.29, 1.82) is 0 Å². The molecule has 0 aromatic heterocycles. The molecule has 0 bridgehead atoms. The highest BCUT2D eigenvalue weighted by atomic mass is 32.2. The van der Waals surface area contributed by atoms with E-state index in [4.69, 9.17) is 15.9 Å². The molecule has 0 heterocycles. The van der Waals surface area contributed by atoms with Crippen molar-refractivity contribution in [3.63, 3.8) is 0 Å². The normalized spacial score (nSPS) is 11.9. The molecule has 0 spiro atoms. The number of rotatable bonds is 6. The van der Waals surface area contributed by atoms with E-state index in [0.29, 0.717) is 11.3 Å². The van der Waals surface area contributed by atoms with Crippen molar-refractivity contribution >= 4 is 15.7 Å². The van der Waals surface area contributed by atoms with Crippen molar-refractivity contribution in [1.82, 2.24) is 4.72 Å². The zero-order valence-corrected chi connectivity index (χ0v) is 10.0. The van der Waals surface area contributed by atoms with E-state index >= 15 is 0 Å². The molecule has 1 aromatic carbocycles. The summed E-state index contributed by atoms with van der Waals surface area (Å²) in [5.74, 6) is -0.282. The molecular formula is C10H16N2O4S. The van der Waals surface area contributed by atoms with Crippen molar-refractivity contribution in [3.05, 3.63) is 29.8 Å². The third-order valence-electron chi connectivity index (χ3n) is 2.19. The van der Waals surface area contributed by atoms with Crippen molar-refractivity contribution in [2.75, 3.05) is 18.9 Å². The van der Waals surface area contributed by atoms with Gasteiger partial charge >= 0.3 is 0 Å². The van der Waals surface area contributed by atoms with Gasteiger partial charge in [0.25, 0.3) is 0 Å². The van der Waals surface area contributed by atoms with Crippen LogP contribution in [0.3, 0.4) is 0 Å². The van der Waals surface area contributed by atoms with Crippen LogP contribution in [0.1, 0.15) is 5.56 Å². The van der Waals surface area contributed by atoms with E-state index in [0.717, 1.165) is 0 Å². The summed E-state index contributed by atoms with van der Waals surface area (Å²) in [6, 6.07) is 5.74. The SMILES string of the molecule is Nc1ccccc1CS(=O)(=O)NC(CO)CO. The first-order chi connectivity index (χ1) is 7.98. The second kappa shape index (κ2) is 5.97. The minimum atomic E-state index is -3.63. The summed E-state index contributed by atoms with van der Waals surface area (Å²) in [5.41, 5.74) is 6.50. The van der Waals surface area contributed by atoms with E-state index in [-0.39, 0.29) is 5.75 Å². The molecule has 0 saturated carbocycles. The summed E-state index contributed by atoms with van der Waals surface area (Å²) in [6.07, 6.45) is 0. The highest BCUT2D eigenvalue weighted by Crippen LogP contribution is 2.13. The molecule has 0 saturated heterocycles. The van der Waals surface area contributed by atoms with Crippen molar-refractivity contribution in [2.24, 2.45) is 0 Å². The molecule has 0 atom stereocenters. The van der Waals surface area contributed by atoms with Gasteiger partial charge < -0.3 is 15.9 Å². The Hall–Kier alpha value is -1.15. The Morgan fingerprint density at radius 1 is 1.24 bits per heavy atom. The van der Waals surface area contributed by atoms with Crippen LogP contribution in [0, 0.1) is 0 Å². The van der Waals surface area contributed by atoms with Crippen LogP contribution in [0.4, 0.5) is 5.69 Å². The fourth-order valence-electron chi connectivity index (χ4n) is 1.30. The number of aliphatic hydroxyl groups is 2. The molecule has 0 aliphatic carbocycles. The van der Waals surface area contributed by atoms with E-state index in [1.165, 1.54) is 0 Å². The number of anilines is 1. The number of aliphatic hydroxyl groups excluding tert-OH is 2. The van der Waals surface area contributed by atoms with Crippen LogP contribution in [-0.2, 0) is 15.8 Å². The summed E-state index contributed by atoms with van der Waals surface area (Å²) in [4.78, 5) is 0. The number of nitrogen functional groups attached to an aromatic ring is 1. The summed E-state index contributed by atoms with van der Waals surface area (Å²) in [7, 11) is -3.63. The lowest BCUT2D eigenvalue weighted by Crippen LogP contribution is -2.40. The van der Waals surface area contributed by atoms with Gasteiger partial charge in [0.15, 0.2) is 0 Å². The van der Waals surface area contributed by atoms with Crippen LogP contribution in [-0.4, -0.2) is 37.9 Å². The molecule has 0 aliphatic heterocycles. The number of nitrogens with two attached hydrogens (primary N) is 1. The molecule has 5 N–H and O–H groups in total. The number of para-hydroxylation sites is 1. The Morgan fingerprint density at radius 2 is 1.82 bits per heavy atom. The lowest BCUT2D eigenvalue weighted by molar-refractivity contribution is 0.185. The predicted octanol–water partition coefficient (Wildman–Crippen LogP) is -0.959. The van der Waals surface area contributed by atoms with Gasteiger partial charge in [-0.05, 0) is 11.6 Å². The van der Waals surface area contributed by atoms with Crippen LogP contribution in [0.5, 0.6) is 0 Å². The maximum Gasteiger partial charge on any atom is 0.216 e. The zero-order valence-electron chi connectivity index (χ0n) is 9.20. The van der Waals surface area contributed by atoms with E-state index in [9.17, 15) is 8.42 Å². The Labute approximate surface area is 100 Å². The maximum atomic E-state index is 11.7. The number of benzene rings is 1. The second-order valence-corrected chi connectivity index (χ2v) is 5.39. The first-order valence-electron chi connectivity index (χ1n) is 5.03. The average Bonchev–Trinajstić information content (AvgIpc) is 2.29. The fourth-order valence-corrected chi connectivity index (χ4v) is 2.71. The standard InChI is InChI=1S/C10H16N2O4S/c11-10-4-2-1-3-8(10)7-17(15,16)12-9(5-13)6-14/h1-4,9,12-14H,5-7,11H2. The summed E-state index contributed by atoms with van der Waals surface area (Å²) >= 11 is 0. The minimum absolute atomic E-state index is 0.282. The molecule has 17 heavy (non-hydrogen) atoms. The summed E-state index contributed by atoms with van der Waals surface area (Å²) in [6.45, 7) is -0.917. The van der Waals surface area contributed by atoms with Gasteiger partial charge in [0.2, 0.25) is 10.0 Å². The first-order valence-corrected chi connectivity index (χ1v) is 6.69. The molecule has 0 fully saturated rings. The van der Waals surface area contributed by atoms with Crippen LogP contribution >= 0.6 is 0 Å². The monoisotopic (exact) mass is 260 g/mol. The van der Waals surface area contributed by atoms with E-state index in [1.807, 2.05) is 0 Å². The predicted molar refractivity (Wildman–Crippen MR) is 64.6 cm³/mol. The molecule has 6 nitrogen and oxygen atoms in total. The molecule has 0 amide bonds. The highest BCUT2D eigenvalue weighted by molar-refractivity contribution is 7.88. The van der Waals surface area contributed by atoms with Crippen molar-refractivity contribution in [3.8, 4) is 0 Å². The number of hydrogen-bond acceptors (Lipinski definition) is 5. The Bertz CT molecular complexity index is 457. The Balaban J connectivity index is 2.77. The van der Waals surface area contributed by atoms with Gasteiger partial charge in [-0.15, -0.1) is 0 Å². The molecule has 1 aromatic rings. The number of sulfonamides is 1. The smallest absolute Gasteiger partial charge is 0.216 e. The lowest BCUT2D eigenvalue weighted by Gasteiger charge is -2.14. The fraction of sp³-hybridized carbons (Fsp3) is 0.400. The van der Waals surface area contributed by atoms with Gasteiger partial charge in [-0.25, -0.2) is 13.1 Å². The largest absolute Gasteiger partial charge is 0.398 e. The van der Waals surface area contributed by atoms with Gasteiger partial charge in [0.05, 0.1) is 25.0 Å². The molecule has 7 heteroatoms. The third kappa shape index (κ3) is 4.31. The highest BCUT2D eigenvalue weighted by Gasteiger charge is 2.18. The second-order valence-electron chi connectivity index (χ2n) is 3.64. The number of nitrogens with one attached hydrogen (secondary N) is 1. The summed E-state index contributed by atoms with van der Waals surface area (Å²) < 4.78 is 25.6. The van der Waals surface area contributed by atoms with Gasteiger partial charge in [0, 0.05) is 5.69 Å². The summed E-state index contributed by atoms with van der Waals surface area (Å²) in [5, 5.41) is 17.6. The Morgan fingerprint density at radius 3 is 2.35 bits per heavy atom. The first kappa shape index (κ1) is 13.9. The van der Waals surface area contributed by atoms with Gasteiger partial charge in [0.1, 0.15) is 0 Å². The van der Waals surface area contributed by atoms with Crippen LogP contribution < -0.4 is 10.5 Å². The van der Waals surface area contributed by atoms with E-state index in [1.54, 1.807) is 24.3 Å². The van der Waals surface area contributed by atoms with Gasteiger partial charge in [-0.3, -0.25) is 0 Å². The van der Waals surface area contributed by atoms with E-state index < -0.39 is 29.3 Å². The number of hydrogen-bond donors (Lipinski definition) is 4. The molecule has 0 unspecified atom stereocenters. The zero-order chi connectivity index (χ0) is 12.9. The third-order valence-corrected chi connectivity index (χ3v) is 3.57. The molecule has 0 aliphatic rings. The Kier molecular flexibility index (Phi) is 4.88. The molecule has 1 rings (SSSR count). The van der Waals surface area contributed by atoms with Crippen LogP contribution in [0.2, 0.25) is 0 Å². The maximum absolute atomic E-state index is 11.7. The minimum Gasteiger partial charge on any atom is -0.398 e. The topological polar surface area (TPSA) is 113 Å². The van der Waals surface area contributed by atoms with Crippen molar-refractivity contribution < 1.29 is 18.6 Å². The molecular weight excluding hydrogens is 244 g/mol. The average molecular weight is 260 g/mol. The van der Waals surface area contributed by atoms with Crippen molar-refractivity contribution in [2.45, 2.75) is 11.8 Å². The molecule has 0 radical (unpaired) electrons. The van der Waals surface area contributed by atoms with E-state index in [2.05, 4.69) is 4.72 Å². The van der Waals surface area contributed by atoms with Crippen LogP contribution in [0.15, 0.2) is 24.3 Å². The van der Waals surface area contributed by atoms with Gasteiger partial charge in [-0.1, -0.05) is 18.2 Å². The lowest BCUT2D eigenvalue weighted by atomic mass is 10.2.